The second-order valence-electron chi connectivity index (χ2n) is 3.83. The van der Waals surface area contributed by atoms with Crippen LogP contribution in [-0.4, -0.2) is 13.6 Å². The molecule has 0 amide bonds. The SMILES string of the molecule is CN1CCCCc2cc(C#N)ccc21. The first kappa shape index (κ1) is 9.08. The molecule has 0 saturated heterocycles. The van der Waals surface area contributed by atoms with Gasteiger partial charge in [0, 0.05) is 19.3 Å². The van der Waals surface area contributed by atoms with Crippen LogP contribution >= 0.6 is 0 Å². The summed E-state index contributed by atoms with van der Waals surface area (Å²) in [6.45, 7) is 1.12. The highest BCUT2D eigenvalue weighted by molar-refractivity contribution is 5.56. The predicted octanol–water partition coefficient (Wildman–Crippen LogP) is 2.33. The van der Waals surface area contributed by atoms with Crippen molar-refractivity contribution in [2.45, 2.75) is 19.3 Å². The van der Waals surface area contributed by atoms with Crippen molar-refractivity contribution in [1.29, 1.82) is 5.26 Å². The van der Waals surface area contributed by atoms with Gasteiger partial charge < -0.3 is 4.90 Å². The van der Waals surface area contributed by atoms with Gasteiger partial charge >= 0.3 is 0 Å². The third kappa shape index (κ3) is 1.58. The van der Waals surface area contributed by atoms with E-state index in [0.717, 1.165) is 18.5 Å². The lowest BCUT2D eigenvalue weighted by atomic mass is 10.0. The van der Waals surface area contributed by atoms with Crippen LogP contribution in [0.2, 0.25) is 0 Å². The Morgan fingerprint density at radius 1 is 1.36 bits per heavy atom. The van der Waals surface area contributed by atoms with Crippen molar-refractivity contribution < 1.29 is 0 Å². The number of hydrogen-bond acceptors (Lipinski definition) is 2. The third-order valence-electron chi connectivity index (χ3n) is 2.81. The first-order valence-corrected chi connectivity index (χ1v) is 5.05. The van der Waals surface area contributed by atoms with Crippen molar-refractivity contribution in [2.24, 2.45) is 0 Å². The molecular formula is C12H14N2. The molecular weight excluding hydrogens is 172 g/mol. The Labute approximate surface area is 84.8 Å². The lowest BCUT2D eigenvalue weighted by molar-refractivity contribution is 0.750. The summed E-state index contributed by atoms with van der Waals surface area (Å²) in [5, 5.41) is 8.81. The zero-order valence-electron chi connectivity index (χ0n) is 8.45. The number of hydrogen-bond donors (Lipinski definition) is 0. The second kappa shape index (κ2) is 3.71. The summed E-state index contributed by atoms with van der Waals surface area (Å²) in [7, 11) is 2.12. The van der Waals surface area contributed by atoms with Crippen LogP contribution < -0.4 is 4.90 Å². The Bertz CT molecular complexity index is 376. The minimum atomic E-state index is 0.777. The topological polar surface area (TPSA) is 27.0 Å². The predicted molar refractivity (Wildman–Crippen MR) is 57.4 cm³/mol. The van der Waals surface area contributed by atoms with Gasteiger partial charge in [-0.05, 0) is 43.0 Å². The van der Waals surface area contributed by atoms with Crippen LogP contribution in [0.3, 0.4) is 0 Å². The molecule has 72 valence electrons. The van der Waals surface area contributed by atoms with Gasteiger partial charge in [0.15, 0.2) is 0 Å². The largest absolute Gasteiger partial charge is 0.374 e. The molecule has 1 aliphatic heterocycles. The maximum Gasteiger partial charge on any atom is 0.0991 e. The quantitative estimate of drug-likeness (QED) is 0.621. The van der Waals surface area contributed by atoms with E-state index in [9.17, 15) is 0 Å². The Balaban J connectivity index is 2.44. The highest BCUT2D eigenvalue weighted by atomic mass is 15.1. The molecule has 1 aliphatic rings. The molecule has 0 aromatic heterocycles. The fourth-order valence-corrected chi connectivity index (χ4v) is 2.01. The summed E-state index contributed by atoms with van der Waals surface area (Å²) in [4.78, 5) is 2.28. The van der Waals surface area contributed by atoms with Crippen molar-refractivity contribution in [1.82, 2.24) is 0 Å². The molecule has 0 atom stereocenters. The molecule has 1 heterocycles. The molecule has 0 unspecified atom stereocenters. The van der Waals surface area contributed by atoms with Gasteiger partial charge in [-0.1, -0.05) is 0 Å². The van der Waals surface area contributed by atoms with Gasteiger partial charge in [-0.3, -0.25) is 0 Å². The summed E-state index contributed by atoms with van der Waals surface area (Å²) in [6, 6.07) is 8.19. The maximum absolute atomic E-state index is 8.81. The van der Waals surface area contributed by atoms with Crippen molar-refractivity contribution in [3.05, 3.63) is 29.3 Å². The number of nitrogens with zero attached hydrogens (tertiary/aromatic N) is 2. The Kier molecular flexibility index (Phi) is 2.41. The van der Waals surface area contributed by atoms with E-state index in [2.05, 4.69) is 24.1 Å². The van der Waals surface area contributed by atoms with Crippen molar-refractivity contribution in [2.75, 3.05) is 18.5 Å². The van der Waals surface area contributed by atoms with E-state index < -0.39 is 0 Å². The molecule has 0 bridgehead atoms. The van der Waals surface area contributed by atoms with E-state index in [0.29, 0.717) is 0 Å². The molecule has 0 aliphatic carbocycles. The zero-order chi connectivity index (χ0) is 9.97. The summed E-state index contributed by atoms with van der Waals surface area (Å²) < 4.78 is 0. The summed E-state index contributed by atoms with van der Waals surface area (Å²) in [6.07, 6.45) is 3.58. The highest BCUT2D eigenvalue weighted by Crippen LogP contribution is 2.25. The molecule has 2 rings (SSSR count). The molecule has 0 fully saturated rings. The van der Waals surface area contributed by atoms with Crippen molar-refractivity contribution >= 4 is 5.69 Å². The first-order valence-electron chi connectivity index (χ1n) is 5.05. The van der Waals surface area contributed by atoms with Crippen LogP contribution in [0.25, 0.3) is 0 Å². The van der Waals surface area contributed by atoms with Crippen molar-refractivity contribution in [3.8, 4) is 6.07 Å². The third-order valence-corrected chi connectivity index (χ3v) is 2.81. The number of nitriles is 1. The minimum absolute atomic E-state index is 0.777. The normalized spacial score (nSPS) is 15.6. The highest BCUT2D eigenvalue weighted by Gasteiger charge is 2.11. The van der Waals surface area contributed by atoms with E-state index in [1.165, 1.54) is 24.1 Å². The Morgan fingerprint density at radius 2 is 2.21 bits per heavy atom. The average molecular weight is 186 g/mol. The van der Waals surface area contributed by atoms with Crippen LogP contribution in [-0.2, 0) is 6.42 Å². The summed E-state index contributed by atoms with van der Waals surface area (Å²) >= 11 is 0. The number of fused-ring (bicyclic) bond motifs is 1. The van der Waals surface area contributed by atoms with Crippen LogP contribution in [0, 0.1) is 11.3 Å². The van der Waals surface area contributed by atoms with Gasteiger partial charge in [0.05, 0.1) is 11.6 Å². The van der Waals surface area contributed by atoms with Gasteiger partial charge in [0.2, 0.25) is 0 Å². The van der Waals surface area contributed by atoms with Crippen LogP contribution in [0.5, 0.6) is 0 Å². The molecule has 0 saturated carbocycles. The van der Waals surface area contributed by atoms with E-state index >= 15 is 0 Å². The molecule has 14 heavy (non-hydrogen) atoms. The molecule has 1 aromatic rings. The molecule has 2 nitrogen and oxygen atoms in total. The lowest BCUT2D eigenvalue weighted by Gasteiger charge is -2.18. The van der Waals surface area contributed by atoms with Gasteiger partial charge in [-0.15, -0.1) is 0 Å². The second-order valence-corrected chi connectivity index (χ2v) is 3.83. The Morgan fingerprint density at radius 3 is 3.00 bits per heavy atom. The van der Waals surface area contributed by atoms with E-state index in [1.807, 2.05) is 12.1 Å². The monoisotopic (exact) mass is 186 g/mol. The smallest absolute Gasteiger partial charge is 0.0991 e. The standard InChI is InChI=1S/C12H14N2/c1-14-7-3-2-4-11-8-10(9-13)5-6-12(11)14/h5-6,8H,2-4,7H2,1H3. The number of rotatable bonds is 0. The number of aryl methyl sites for hydroxylation is 1. The average Bonchev–Trinajstić information content (AvgIpc) is 2.40. The van der Waals surface area contributed by atoms with Gasteiger partial charge in [-0.25, -0.2) is 0 Å². The van der Waals surface area contributed by atoms with Crippen LogP contribution in [0.15, 0.2) is 18.2 Å². The summed E-state index contributed by atoms with van der Waals surface area (Å²) in [5.74, 6) is 0. The van der Waals surface area contributed by atoms with Gasteiger partial charge in [-0.2, -0.15) is 5.26 Å². The maximum atomic E-state index is 8.81. The first-order chi connectivity index (χ1) is 6.81. The molecule has 1 aromatic carbocycles. The van der Waals surface area contributed by atoms with Gasteiger partial charge in [0.1, 0.15) is 0 Å². The fourth-order valence-electron chi connectivity index (χ4n) is 2.01. The van der Waals surface area contributed by atoms with Gasteiger partial charge in [0.25, 0.3) is 0 Å². The minimum Gasteiger partial charge on any atom is -0.374 e. The molecule has 0 spiro atoms. The molecule has 0 radical (unpaired) electrons. The Hall–Kier alpha value is -1.49. The molecule has 0 N–H and O–H groups in total. The van der Waals surface area contributed by atoms with Crippen molar-refractivity contribution in [3.63, 3.8) is 0 Å². The number of benzene rings is 1. The number of anilines is 1. The van der Waals surface area contributed by atoms with Crippen LogP contribution in [0.1, 0.15) is 24.0 Å². The molecule has 2 heteroatoms. The zero-order valence-corrected chi connectivity index (χ0v) is 8.45. The van der Waals surface area contributed by atoms with E-state index in [1.54, 1.807) is 0 Å². The lowest BCUT2D eigenvalue weighted by Crippen LogP contribution is -2.17. The fraction of sp³-hybridized carbons (Fsp3) is 0.417. The summed E-state index contributed by atoms with van der Waals surface area (Å²) in [5.41, 5.74) is 3.39. The van der Waals surface area contributed by atoms with Crippen LogP contribution in [0.4, 0.5) is 5.69 Å². The van der Waals surface area contributed by atoms with E-state index in [-0.39, 0.29) is 0 Å². The van der Waals surface area contributed by atoms with E-state index in [4.69, 9.17) is 5.26 Å².